The summed E-state index contributed by atoms with van der Waals surface area (Å²) in [6, 6.07) is 11.6. The summed E-state index contributed by atoms with van der Waals surface area (Å²) >= 11 is 0. The first-order chi connectivity index (χ1) is 13.2. The molecule has 0 saturated carbocycles. The molecule has 0 aliphatic heterocycles. The van der Waals surface area contributed by atoms with Crippen LogP contribution in [0.4, 0.5) is 10.1 Å². The molecule has 0 fully saturated rings. The first-order valence-electron chi connectivity index (χ1n) is 8.81. The van der Waals surface area contributed by atoms with E-state index in [1.807, 2.05) is 6.07 Å². The summed E-state index contributed by atoms with van der Waals surface area (Å²) in [5.41, 5.74) is 3.61. The number of anilines is 1. The minimum Gasteiger partial charge on any atom is -0.472 e. The van der Waals surface area contributed by atoms with Crippen molar-refractivity contribution >= 4 is 11.6 Å². The molecular weight excluding hydrogens is 345 g/mol. The summed E-state index contributed by atoms with van der Waals surface area (Å²) in [7, 11) is 0. The lowest BCUT2D eigenvalue weighted by Crippen LogP contribution is -2.15. The number of carbonyl (C=O) groups excluding carboxylic acids is 1. The Kier molecular flexibility index (Phi) is 4.78. The molecule has 4 rings (SSSR count). The molecule has 1 aliphatic carbocycles. The van der Waals surface area contributed by atoms with E-state index in [0.29, 0.717) is 11.3 Å². The van der Waals surface area contributed by atoms with Crippen molar-refractivity contribution in [3.8, 4) is 5.88 Å². The van der Waals surface area contributed by atoms with E-state index in [0.717, 1.165) is 25.0 Å². The van der Waals surface area contributed by atoms with E-state index in [1.54, 1.807) is 36.5 Å². The van der Waals surface area contributed by atoms with Gasteiger partial charge in [0.1, 0.15) is 18.0 Å². The highest BCUT2D eigenvalue weighted by Crippen LogP contribution is 2.24. The van der Waals surface area contributed by atoms with Gasteiger partial charge in [-0.05, 0) is 49.1 Å². The number of benzene rings is 1. The molecular formula is C21H18FN3O2. The zero-order valence-electron chi connectivity index (χ0n) is 14.6. The highest BCUT2D eigenvalue weighted by Gasteiger charge is 2.17. The van der Waals surface area contributed by atoms with E-state index in [4.69, 9.17) is 4.74 Å². The monoisotopic (exact) mass is 363 g/mol. The van der Waals surface area contributed by atoms with Crippen molar-refractivity contribution < 1.29 is 13.9 Å². The fourth-order valence-electron chi connectivity index (χ4n) is 3.13. The molecule has 1 N–H and O–H groups in total. The van der Waals surface area contributed by atoms with Crippen LogP contribution in [-0.2, 0) is 19.4 Å². The summed E-state index contributed by atoms with van der Waals surface area (Å²) < 4.78 is 19.4. The van der Waals surface area contributed by atoms with Gasteiger partial charge in [0.2, 0.25) is 5.88 Å². The third-order valence-corrected chi connectivity index (χ3v) is 4.52. The highest BCUT2D eigenvalue weighted by atomic mass is 19.1. The lowest BCUT2D eigenvalue weighted by molar-refractivity contribution is 0.102. The second-order valence-electron chi connectivity index (χ2n) is 6.37. The lowest BCUT2D eigenvalue weighted by Gasteiger charge is -2.11. The van der Waals surface area contributed by atoms with Crippen molar-refractivity contribution in [1.82, 2.24) is 9.97 Å². The van der Waals surface area contributed by atoms with Crippen molar-refractivity contribution in [3.63, 3.8) is 0 Å². The van der Waals surface area contributed by atoms with E-state index in [2.05, 4.69) is 15.3 Å². The molecule has 0 atom stereocenters. The highest BCUT2D eigenvalue weighted by molar-refractivity contribution is 6.05. The first kappa shape index (κ1) is 17.1. The van der Waals surface area contributed by atoms with Crippen LogP contribution in [-0.4, -0.2) is 15.9 Å². The molecule has 1 amide bonds. The largest absolute Gasteiger partial charge is 0.472 e. The molecule has 136 valence electrons. The number of amides is 1. The maximum atomic E-state index is 13.8. The molecule has 1 aromatic carbocycles. The van der Waals surface area contributed by atoms with Gasteiger partial charge in [-0.3, -0.25) is 9.78 Å². The Bertz CT molecular complexity index is 991. The number of hydrogen-bond acceptors (Lipinski definition) is 4. The molecule has 0 radical (unpaired) electrons. The number of carbonyl (C=O) groups is 1. The van der Waals surface area contributed by atoms with Crippen LogP contribution in [0.15, 0.2) is 54.9 Å². The Hall–Kier alpha value is -3.28. The number of fused-ring (bicyclic) bond motifs is 1. The molecule has 3 aromatic rings. The second-order valence-corrected chi connectivity index (χ2v) is 6.37. The van der Waals surface area contributed by atoms with E-state index >= 15 is 0 Å². The zero-order chi connectivity index (χ0) is 18.6. The summed E-state index contributed by atoms with van der Waals surface area (Å²) in [5, 5.41) is 2.84. The van der Waals surface area contributed by atoms with Gasteiger partial charge >= 0.3 is 0 Å². The van der Waals surface area contributed by atoms with Gasteiger partial charge in [-0.15, -0.1) is 0 Å². The van der Waals surface area contributed by atoms with E-state index in [9.17, 15) is 9.18 Å². The molecule has 6 heteroatoms. The number of aryl methyl sites for hydroxylation is 2. The number of pyridine rings is 2. The average Bonchev–Trinajstić information content (AvgIpc) is 3.15. The van der Waals surface area contributed by atoms with Gasteiger partial charge in [-0.2, -0.15) is 0 Å². The van der Waals surface area contributed by atoms with Gasteiger partial charge in [0.15, 0.2) is 0 Å². The molecule has 1 aliphatic rings. The molecule has 0 spiro atoms. The van der Waals surface area contributed by atoms with Gasteiger partial charge in [-0.25, -0.2) is 9.37 Å². The predicted molar refractivity (Wildman–Crippen MR) is 99.2 cm³/mol. The summed E-state index contributed by atoms with van der Waals surface area (Å²) in [4.78, 5) is 21.2. The number of nitrogens with one attached hydrogen (secondary N) is 1. The van der Waals surface area contributed by atoms with Crippen LogP contribution in [0.2, 0.25) is 0 Å². The van der Waals surface area contributed by atoms with Gasteiger partial charge in [0.25, 0.3) is 5.91 Å². The molecule has 2 heterocycles. The number of hydrogen-bond donors (Lipinski definition) is 1. The first-order valence-corrected chi connectivity index (χ1v) is 8.81. The summed E-state index contributed by atoms with van der Waals surface area (Å²) in [5.74, 6) is -0.539. The molecule has 0 unspecified atom stereocenters. The zero-order valence-corrected chi connectivity index (χ0v) is 14.6. The van der Waals surface area contributed by atoms with E-state index < -0.39 is 0 Å². The Labute approximate surface area is 156 Å². The van der Waals surface area contributed by atoms with Crippen LogP contribution in [0.25, 0.3) is 0 Å². The van der Waals surface area contributed by atoms with Gasteiger partial charge in [-0.1, -0.05) is 18.2 Å². The quantitative estimate of drug-likeness (QED) is 0.746. The number of rotatable bonds is 5. The van der Waals surface area contributed by atoms with Crippen LogP contribution in [0.1, 0.15) is 33.6 Å². The second kappa shape index (κ2) is 7.53. The standard InChI is InChI=1S/C21H18FN3O2/c22-18-8-2-1-5-15(18)13-27-21-17(7-4-10-23-21)20(26)25-16-11-14-6-3-9-19(14)24-12-16/h1-2,4-5,7-8,10-12H,3,6,9,13H2,(H,25,26). The smallest absolute Gasteiger partial charge is 0.261 e. The molecule has 0 saturated heterocycles. The fraction of sp³-hybridized carbons (Fsp3) is 0.190. The lowest BCUT2D eigenvalue weighted by atomic mass is 10.2. The van der Waals surface area contributed by atoms with E-state index in [-0.39, 0.29) is 29.8 Å². The van der Waals surface area contributed by atoms with Crippen LogP contribution < -0.4 is 10.1 Å². The molecule has 2 aromatic heterocycles. The van der Waals surface area contributed by atoms with E-state index in [1.165, 1.54) is 17.8 Å². The maximum absolute atomic E-state index is 13.8. The summed E-state index contributed by atoms with van der Waals surface area (Å²) in [6.07, 6.45) is 6.26. The van der Waals surface area contributed by atoms with Crippen LogP contribution in [0, 0.1) is 5.82 Å². The Morgan fingerprint density at radius 1 is 1.15 bits per heavy atom. The Morgan fingerprint density at radius 3 is 2.93 bits per heavy atom. The Balaban J connectivity index is 1.50. The van der Waals surface area contributed by atoms with Crippen LogP contribution >= 0.6 is 0 Å². The van der Waals surface area contributed by atoms with Crippen molar-refractivity contribution in [2.75, 3.05) is 5.32 Å². The van der Waals surface area contributed by atoms with Crippen molar-refractivity contribution in [2.24, 2.45) is 0 Å². The fourth-order valence-corrected chi connectivity index (χ4v) is 3.13. The SMILES string of the molecule is O=C(Nc1cnc2c(c1)CCC2)c1cccnc1OCc1ccccc1F. The van der Waals surface area contributed by atoms with Crippen LogP contribution in [0.3, 0.4) is 0 Å². The number of aromatic nitrogens is 2. The molecule has 27 heavy (non-hydrogen) atoms. The van der Waals surface area contributed by atoms with Gasteiger partial charge in [0.05, 0.1) is 11.9 Å². The maximum Gasteiger partial charge on any atom is 0.261 e. The van der Waals surface area contributed by atoms with Crippen molar-refractivity contribution in [1.29, 1.82) is 0 Å². The number of ether oxygens (including phenoxy) is 1. The van der Waals surface area contributed by atoms with Gasteiger partial charge in [0, 0.05) is 17.5 Å². The minimum atomic E-state index is -0.358. The third kappa shape index (κ3) is 3.79. The number of halogens is 1. The van der Waals surface area contributed by atoms with Crippen molar-refractivity contribution in [3.05, 3.63) is 83.1 Å². The average molecular weight is 363 g/mol. The predicted octanol–water partition coefficient (Wildman–Crippen LogP) is 3.94. The Morgan fingerprint density at radius 2 is 2.04 bits per heavy atom. The van der Waals surface area contributed by atoms with Crippen LogP contribution in [0.5, 0.6) is 5.88 Å². The molecule has 5 nitrogen and oxygen atoms in total. The third-order valence-electron chi connectivity index (χ3n) is 4.52. The topological polar surface area (TPSA) is 64.1 Å². The van der Waals surface area contributed by atoms with Crippen molar-refractivity contribution in [2.45, 2.75) is 25.9 Å². The van der Waals surface area contributed by atoms with Gasteiger partial charge < -0.3 is 10.1 Å². The normalized spacial score (nSPS) is 12.5. The molecule has 0 bridgehead atoms. The minimum absolute atomic E-state index is 0.00956. The summed E-state index contributed by atoms with van der Waals surface area (Å²) in [6.45, 7) is -0.00956. The number of nitrogens with zero attached hydrogens (tertiary/aromatic N) is 2.